The van der Waals surface area contributed by atoms with Gasteiger partial charge in [0.2, 0.25) is 0 Å². The molecule has 35 heavy (non-hydrogen) atoms. The van der Waals surface area contributed by atoms with Gasteiger partial charge in [-0.05, 0) is 43.7 Å². The molecule has 0 bridgehead atoms. The van der Waals surface area contributed by atoms with E-state index >= 15 is 0 Å². The molecular weight excluding hydrogens is 446 g/mol. The Morgan fingerprint density at radius 2 is 1.83 bits per heavy atom. The standard InChI is InChI=1S/C27H27N3O5/c1-18-10-12-20(13-11-18)22-16-23(24-9-6-14-34-24)30(29-22)25(31)17-35-26(32)15-19(2)28-27(33)21-7-4-3-5-8-21/h3-14,19,23H,15-17H2,1-2H3,(H,28,33). The van der Waals surface area contributed by atoms with E-state index in [0.29, 0.717) is 17.7 Å². The normalized spacial score (nSPS) is 15.9. The fourth-order valence-electron chi connectivity index (χ4n) is 3.83. The minimum absolute atomic E-state index is 0.0641. The largest absolute Gasteiger partial charge is 0.467 e. The molecular formula is C27H27N3O5. The molecule has 2 unspecified atom stereocenters. The third-order valence-electron chi connectivity index (χ3n) is 5.67. The maximum atomic E-state index is 13.0. The van der Waals surface area contributed by atoms with Crippen LogP contribution in [0.2, 0.25) is 0 Å². The lowest BCUT2D eigenvalue weighted by atomic mass is 10.0. The average molecular weight is 474 g/mol. The molecule has 0 aliphatic carbocycles. The number of hydrogen-bond donors (Lipinski definition) is 1. The van der Waals surface area contributed by atoms with E-state index in [-0.39, 0.29) is 12.3 Å². The summed E-state index contributed by atoms with van der Waals surface area (Å²) in [7, 11) is 0. The lowest BCUT2D eigenvalue weighted by Crippen LogP contribution is -2.35. The van der Waals surface area contributed by atoms with Gasteiger partial charge in [0.05, 0.1) is 18.4 Å². The topological polar surface area (TPSA) is 101 Å². The molecule has 180 valence electrons. The van der Waals surface area contributed by atoms with Gasteiger partial charge in [0.1, 0.15) is 11.8 Å². The van der Waals surface area contributed by atoms with E-state index in [2.05, 4.69) is 10.4 Å². The van der Waals surface area contributed by atoms with Crippen LogP contribution in [0.5, 0.6) is 0 Å². The number of nitrogens with one attached hydrogen (secondary N) is 1. The monoisotopic (exact) mass is 473 g/mol. The van der Waals surface area contributed by atoms with Gasteiger partial charge in [-0.2, -0.15) is 5.10 Å². The number of hydrazone groups is 1. The van der Waals surface area contributed by atoms with Crippen LogP contribution in [0.1, 0.15) is 53.1 Å². The van der Waals surface area contributed by atoms with E-state index in [1.807, 2.05) is 37.3 Å². The molecule has 0 fully saturated rings. The van der Waals surface area contributed by atoms with E-state index in [1.165, 1.54) is 5.01 Å². The molecule has 2 amide bonds. The van der Waals surface area contributed by atoms with Crippen LogP contribution < -0.4 is 5.32 Å². The lowest BCUT2D eigenvalue weighted by molar-refractivity contribution is -0.153. The van der Waals surface area contributed by atoms with Crippen LogP contribution in [-0.4, -0.2) is 41.2 Å². The minimum Gasteiger partial charge on any atom is -0.467 e. The third-order valence-corrected chi connectivity index (χ3v) is 5.67. The number of furan rings is 1. The van der Waals surface area contributed by atoms with Crippen molar-refractivity contribution in [3.05, 3.63) is 95.4 Å². The number of carbonyl (C=O) groups excluding carboxylic acids is 3. The minimum atomic E-state index is -0.587. The van der Waals surface area contributed by atoms with Crippen LogP contribution in [0.3, 0.4) is 0 Å². The van der Waals surface area contributed by atoms with Crippen molar-refractivity contribution in [3.63, 3.8) is 0 Å². The Morgan fingerprint density at radius 3 is 2.51 bits per heavy atom. The van der Waals surface area contributed by atoms with Gasteiger partial charge in [-0.25, -0.2) is 5.01 Å². The van der Waals surface area contributed by atoms with E-state index in [4.69, 9.17) is 9.15 Å². The SMILES string of the molecule is Cc1ccc(C2=NN(C(=O)COC(=O)CC(C)NC(=O)c3ccccc3)C(c3ccco3)C2)cc1. The van der Waals surface area contributed by atoms with Crippen molar-refractivity contribution in [3.8, 4) is 0 Å². The molecule has 2 aromatic carbocycles. The van der Waals surface area contributed by atoms with Gasteiger partial charge in [0.25, 0.3) is 11.8 Å². The number of esters is 1. The summed E-state index contributed by atoms with van der Waals surface area (Å²) in [6, 6.07) is 19.3. The highest BCUT2D eigenvalue weighted by molar-refractivity contribution is 6.03. The number of carbonyl (C=O) groups is 3. The van der Waals surface area contributed by atoms with Crippen LogP contribution >= 0.6 is 0 Å². The van der Waals surface area contributed by atoms with E-state index < -0.39 is 30.6 Å². The number of ether oxygens (including phenoxy) is 1. The third kappa shape index (κ3) is 6.03. The zero-order chi connectivity index (χ0) is 24.8. The van der Waals surface area contributed by atoms with Gasteiger partial charge in [-0.15, -0.1) is 0 Å². The predicted molar refractivity (Wildman–Crippen MR) is 130 cm³/mol. The Bertz CT molecular complexity index is 1200. The predicted octanol–water partition coefficient (Wildman–Crippen LogP) is 4.02. The van der Waals surface area contributed by atoms with E-state index in [0.717, 1.165) is 16.8 Å². The summed E-state index contributed by atoms with van der Waals surface area (Å²) in [5, 5.41) is 8.60. The Balaban J connectivity index is 1.35. The first-order valence-corrected chi connectivity index (χ1v) is 11.4. The molecule has 3 aromatic rings. The van der Waals surface area contributed by atoms with E-state index in [1.54, 1.807) is 49.6 Å². The van der Waals surface area contributed by atoms with Crippen molar-refractivity contribution in [2.75, 3.05) is 6.61 Å². The molecule has 0 saturated carbocycles. The summed E-state index contributed by atoms with van der Waals surface area (Å²) < 4.78 is 10.8. The second-order valence-corrected chi connectivity index (χ2v) is 8.49. The summed E-state index contributed by atoms with van der Waals surface area (Å²) in [5.41, 5.74) is 3.30. The molecule has 8 heteroatoms. The summed E-state index contributed by atoms with van der Waals surface area (Å²) >= 11 is 0. The van der Waals surface area contributed by atoms with Gasteiger partial charge in [-0.1, -0.05) is 48.0 Å². The number of benzene rings is 2. The molecule has 8 nitrogen and oxygen atoms in total. The molecule has 1 aliphatic heterocycles. The van der Waals surface area contributed by atoms with Gasteiger partial charge in [0, 0.05) is 18.0 Å². The van der Waals surface area contributed by atoms with Crippen LogP contribution in [0, 0.1) is 6.92 Å². The first-order chi connectivity index (χ1) is 16.9. The highest BCUT2D eigenvalue weighted by Gasteiger charge is 2.35. The molecule has 0 saturated heterocycles. The van der Waals surface area contributed by atoms with Crippen molar-refractivity contribution in [2.24, 2.45) is 5.10 Å². The molecule has 0 radical (unpaired) electrons. The molecule has 2 heterocycles. The molecule has 4 rings (SSSR count). The summed E-state index contributed by atoms with van der Waals surface area (Å²) in [4.78, 5) is 37.5. The summed E-state index contributed by atoms with van der Waals surface area (Å²) in [6.07, 6.45) is 1.97. The molecule has 1 aliphatic rings. The second-order valence-electron chi connectivity index (χ2n) is 8.49. The first-order valence-electron chi connectivity index (χ1n) is 11.4. The highest BCUT2D eigenvalue weighted by atomic mass is 16.5. The van der Waals surface area contributed by atoms with Gasteiger partial charge in [-0.3, -0.25) is 14.4 Å². The lowest BCUT2D eigenvalue weighted by Gasteiger charge is -2.20. The van der Waals surface area contributed by atoms with Crippen molar-refractivity contribution in [1.29, 1.82) is 0 Å². The van der Waals surface area contributed by atoms with Gasteiger partial charge in [0.15, 0.2) is 6.61 Å². The Hall–Kier alpha value is -4.20. The van der Waals surface area contributed by atoms with Crippen LogP contribution in [0.4, 0.5) is 0 Å². The van der Waals surface area contributed by atoms with Crippen LogP contribution in [-0.2, 0) is 14.3 Å². The summed E-state index contributed by atoms with van der Waals surface area (Å²) in [5.74, 6) is -0.718. The second kappa shape index (κ2) is 10.8. The molecule has 2 atom stereocenters. The zero-order valence-electron chi connectivity index (χ0n) is 19.6. The van der Waals surface area contributed by atoms with Crippen molar-refractivity contribution < 1.29 is 23.5 Å². The average Bonchev–Trinajstić information content (AvgIpc) is 3.54. The van der Waals surface area contributed by atoms with Crippen LogP contribution in [0.15, 0.2) is 82.5 Å². The van der Waals surface area contributed by atoms with E-state index in [9.17, 15) is 14.4 Å². The number of hydrogen-bond acceptors (Lipinski definition) is 6. The number of nitrogens with zero attached hydrogens (tertiary/aromatic N) is 2. The fraction of sp³-hybridized carbons (Fsp3) is 0.259. The Kier molecular flexibility index (Phi) is 7.40. The van der Waals surface area contributed by atoms with Crippen molar-refractivity contribution >= 4 is 23.5 Å². The van der Waals surface area contributed by atoms with Crippen LogP contribution in [0.25, 0.3) is 0 Å². The number of amides is 2. The van der Waals surface area contributed by atoms with Gasteiger partial charge >= 0.3 is 5.97 Å². The Labute approximate surface area is 203 Å². The maximum absolute atomic E-state index is 13.0. The zero-order valence-corrected chi connectivity index (χ0v) is 19.6. The quantitative estimate of drug-likeness (QED) is 0.498. The fourth-order valence-corrected chi connectivity index (χ4v) is 3.83. The number of aryl methyl sites for hydroxylation is 1. The summed E-state index contributed by atoms with van der Waals surface area (Å²) in [6.45, 7) is 3.25. The molecule has 1 aromatic heterocycles. The van der Waals surface area contributed by atoms with Gasteiger partial charge < -0.3 is 14.5 Å². The first kappa shape index (κ1) is 23.9. The van der Waals surface area contributed by atoms with Crippen molar-refractivity contribution in [1.82, 2.24) is 10.3 Å². The smallest absolute Gasteiger partial charge is 0.308 e. The highest BCUT2D eigenvalue weighted by Crippen LogP contribution is 2.33. The molecule has 0 spiro atoms. The number of rotatable bonds is 8. The molecule has 1 N–H and O–H groups in total. The maximum Gasteiger partial charge on any atom is 0.308 e. The Morgan fingerprint density at radius 1 is 1.09 bits per heavy atom. The van der Waals surface area contributed by atoms with Crippen molar-refractivity contribution in [2.45, 2.75) is 38.8 Å².